The third kappa shape index (κ3) is 5.45. The number of carbonyl (C=O) groups is 1. The molecule has 0 aliphatic rings. The van der Waals surface area contributed by atoms with E-state index in [1.165, 1.54) is 44.2 Å². The van der Waals surface area contributed by atoms with Crippen LogP contribution in [0, 0.1) is 5.82 Å². The Hall–Kier alpha value is -3.38. The smallest absolute Gasteiger partial charge is 0.320 e. The van der Waals surface area contributed by atoms with Gasteiger partial charge in [0.25, 0.3) is 6.43 Å². The number of aliphatic hydroxyl groups is 2. The van der Waals surface area contributed by atoms with Crippen molar-refractivity contribution < 1.29 is 32.9 Å². The topological polar surface area (TPSA) is 132 Å². The monoisotopic (exact) mass is 453 g/mol. The number of aromatic nitrogens is 3. The van der Waals surface area contributed by atoms with E-state index in [2.05, 4.69) is 25.8 Å². The molecule has 9 nitrogen and oxygen atoms in total. The Balaban J connectivity index is 1.81. The van der Waals surface area contributed by atoms with Crippen LogP contribution in [0.15, 0.2) is 30.3 Å². The average molecular weight is 453 g/mol. The van der Waals surface area contributed by atoms with E-state index in [0.29, 0.717) is 11.1 Å². The summed E-state index contributed by atoms with van der Waals surface area (Å²) < 4.78 is 43.0. The quantitative estimate of drug-likeness (QED) is 0.356. The molecule has 32 heavy (non-hydrogen) atoms. The maximum absolute atomic E-state index is 13.2. The second kappa shape index (κ2) is 9.40. The summed E-state index contributed by atoms with van der Waals surface area (Å²) >= 11 is 0. The number of H-pyrrole nitrogens is 1. The van der Waals surface area contributed by atoms with Crippen LogP contribution >= 0.6 is 0 Å². The number of urea groups is 1. The maximum atomic E-state index is 13.2. The molecule has 0 spiro atoms. The van der Waals surface area contributed by atoms with Crippen molar-refractivity contribution in [2.45, 2.75) is 38.5 Å². The zero-order valence-corrected chi connectivity index (χ0v) is 17.2. The highest BCUT2D eigenvalue weighted by Gasteiger charge is 2.30. The number of hydrogen-bond acceptors (Lipinski definition) is 6. The number of amides is 2. The predicted molar refractivity (Wildman–Crippen MR) is 109 cm³/mol. The minimum atomic E-state index is -2.71. The molecule has 2 heterocycles. The van der Waals surface area contributed by atoms with E-state index in [-0.39, 0.29) is 22.8 Å². The molecule has 0 bridgehead atoms. The van der Waals surface area contributed by atoms with E-state index in [9.17, 15) is 28.2 Å². The molecule has 0 unspecified atom stereocenters. The summed E-state index contributed by atoms with van der Waals surface area (Å²) in [4.78, 5) is 16.7. The van der Waals surface area contributed by atoms with Gasteiger partial charge in [-0.15, -0.1) is 5.10 Å². The van der Waals surface area contributed by atoms with Gasteiger partial charge in [0.1, 0.15) is 11.6 Å². The number of nitrogens with zero attached hydrogens (tertiary/aromatic N) is 2. The van der Waals surface area contributed by atoms with Gasteiger partial charge in [0.2, 0.25) is 5.88 Å². The summed E-state index contributed by atoms with van der Waals surface area (Å²) in [6.07, 6.45) is -2.71. The SMILES string of the molecule is CC(C)(O)[C@@H](NC(=O)Nc1cc2[nH]nc(OCC(F)F)c2c(CO)n1)c1ccc(F)cc1. The molecule has 0 radical (unpaired) electrons. The van der Waals surface area contributed by atoms with Crippen molar-refractivity contribution in [3.63, 3.8) is 0 Å². The average Bonchev–Trinajstić information content (AvgIpc) is 3.13. The molecule has 3 rings (SSSR count). The van der Waals surface area contributed by atoms with Crippen LogP contribution in [-0.4, -0.2) is 50.1 Å². The molecule has 2 aromatic heterocycles. The Bertz CT molecular complexity index is 1080. The lowest BCUT2D eigenvalue weighted by molar-refractivity contribution is 0.0415. The summed E-state index contributed by atoms with van der Waals surface area (Å²) in [7, 11) is 0. The number of pyridine rings is 1. The molecule has 0 saturated heterocycles. The number of alkyl halides is 2. The van der Waals surface area contributed by atoms with E-state index in [4.69, 9.17) is 4.74 Å². The summed E-state index contributed by atoms with van der Waals surface area (Å²) in [5.74, 6) is -0.582. The summed E-state index contributed by atoms with van der Waals surface area (Å²) in [5, 5.41) is 31.8. The van der Waals surface area contributed by atoms with E-state index in [1.807, 2.05) is 0 Å². The molecule has 1 atom stereocenters. The molecule has 2 amide bonds. The van der Waals surface area contributed by atoms with Gasteiger partial charge in [-0.2, -0.15) is 0 Å². The number of aromatic amines is 1. The third-order valence-corrected chi connectivity index (χ3v) is 4.51. The van der Waals surface area contributed by atoms with Crippen molar-refractivity contribution in [1.82, 2.24) is 20.5 Å². The van der Waals surface area contributed by atoms with Crippen molar-refractivity contribution >= 4 is 22.8 Å². The highest BCUT2D eigenvalue weighted by Crippen LogP contribution is 2.29. The lowest BCUT2D eigenvalue weighted by atomic mass is 9.92. The number of anilines is 1. The van der Waals surface area contributed by atoms with Gasteiger partial charge >= 0.3 is 6.03 Å². The summed E-state index contributed by atoms with van der Waals surface area (Å²) in [6, 6.07) is 5.07. The van der Waals surface area contributed by atoms with Crippen LogP contribution in [0.2, 0.25) is 0 Å². The number of aliphatic hydroxyl groups excluding tert-OH is 1. The van der Waals surface area contributed by atoms with Crippen LogP contribution in [0.3, 0.4) is 0 Å². The minimum absolute atomic E-state index is 0.0247. The molecule has 172 valence electrons. The van der Waals surface area contributed by atoms with Gasteiger partial charge in [-0.25, -0.2) is 22.9 Å². The first-order chi connectivity index (χ1) is 15.1. The Morgan fingerprint density at radius 3 is 2.56 bits per heavy atom. The van der Waals surface area contributed by atoms with Crippen LogP contribution in [-0.2, 0) is 6.61 Å². The lowest BCUT2D eigenvalue weighted by Crippen LogP contribution is -2.44. The van der Waals surface area contributed by atoms with Gasteiger partial charge < -0.3 is 20.3 Å². The van der Waals surface area contributed by atoms with Gasteiger partial charge in [0, 0.05) is 6.07 Å². The first-order valence-electron chi connectivity index (χ1n) is 9.53. The number of benzene rings is 1. The third-order valence-electron chi connectivity index (χ3n) is 4.51. The van der Waals surface area contributed by atoms with Crippen LogP contribution in [0.4, 0.5) is 23.8 Å². The molecule has 12 heteroatoms. The fourth-order valence-electron chi connectivity index (χ4n) is 3.12. The van der Waals surface area contributed by atoms with E-state index in [1.54, 1.807) is 0 Å². The molecule has 0 fully saturated rings. The molecular weight excluding hydrogens is 431 g/mol. The normalized spacial score (nSPS) is 12.8. The second-order valence-corrected chi connectivity index (χ2v) is 7.50. The Kier molecular flexibility index (Phi) is 6.84. The van der Waals surface area contributed by atoms with Crippen LogP contribution in [0.25, 0.3) is 10.9 Å². The lowest BCUT2D eigenvalue weighted by Gasteiger charge is -2.30. The number of halogens is 3. The van der Waals surface area contributed by atoms with Gasteiger partial charge in [0.15, 0.2) is 6.61 Å². The molecule has 0 aliphatic heterocycles. The van der Waals surface area contributed by atoms with Crippen LogP contribution < -0.4 is 15.4 Å². The van der Waals surface area contributed by atoms with Crippen LogP contribution in [0.1, 0.15) is 31.1 Å². The minimum Gasteiger partial charge on any atom is -0.470 e. The van der Waals surface area contributed by atoms with Gasteiger partial charge in [-0.3, -0.25) is 10.4 Å². The van der Waals surface area contributed by atoms with Gasteiger partial charge in [-0.1, -0.05) is 12.1 Å². The highest BCUT2D eigenvalue weighted by atomic mass is 19.3. The van der Waals surface area contributed by atoms with Crippen molar-refractivity contribution in [2.75, 3.05) is 11.9 Å². The van der Waals surface area contributed by atoms with Crippen molar-refractivity contribution in [1.29, 1.82) is 0 Å². The predicted octanol–water partition coefficient (Wildman–Crippen LogP) is 2.87. The molecule has 0 aliphatic carbocycles. The molecular formula is C20H22F3N5O4. The van der Waals surface area contributed by atoms with Gasteiger partial charge in [-0.05, 0) is 31.5 Å². The molecule has 0 saturated carbocycles. The largest absolute Gasteiger partial charge is 0.470 e. The fourth-order valence-corrected chi connectivity index (χ4v) is 3.12. The number of fused-ring (bicyclic) bond motifs is 1. The van der Waals surface area contributed by atoms with E-state index in [0.717, 1.165) is 0 Å². The Morgan fingerprint density at radius 2 is 1.97 bits per heavy atom. The summed E-state index contributed by atoms with van der Waals surface area (Å²) in [6.45, 7) is 1.52. The van der Waals surface area contributed by atoms with E-state index >= 15 is 0 Å². The maximum Gasteiger partial charge on any atom is 0.320 e. The van der Waals surface area contributed by atoms with Gasteiger partial charge in [0.05, 0.1) is 34.8 Å². The standard InChI is InChI=1S/C20H22F3N5O4/c1-20(2,31)17(10-3-5-11(21)6-4-10)26-19(30)25-15-7-12-16(13(8-29)24-15)18(28-27-12)32-9-14(22)23/h3-7,14,17,29,31H,8-9H2,1-2H3,(H,27,28)(H2,24,25,26,30)/t17-/m0/s1. The number of hydrogen-bond donors (Lipinski definition) is 5. The first kappa shape index (κ1) is 23.3. The highest BCUT2D eigenvalue weighted by molar-refractivity contribution is 5.93. The second-order valence-electron chi connectivity index (χ2n) is 7.50. The summed E-state index contributed by atoms with van der Waals surface area (Å²) in [5.41, 5.74) is -0.569. The number of carbonyl (C=O) groups excluding carboxylic acids is 1. The van der Waals surface area contributed by atoms with Crippen molar-refractivity contribution in [2.24, 2.45) is 0 Å². The Morgan fingerprint density at radius 1 is 1.28 bits per heavy atom. The van der Waals surface area contributed by atoms with Crippen LogP contribution in [0.5, 0.6) is 5.88 Å². The molecule has 1 aromatic carbocycles. The van der Waals surface area contributed by atoms with Crippen molar-refractivity contribution in [3.8, 4) is 5.88 Å². The molecule has 5 N–H and O–H groups in total. The number of nitrogens with one attached hydrogen (secondary N) is 3. The van der Waals surface area contributed by atoms with E-state index < -0.39 is 43.1 Å². The number of ether oxygens (including phenoxy) is 1. The molecule has 3 aromatic rings. The zero-order chi connectivity index (χ0) is 23.5. The Labute approximate surface area is 180 Å². The van der Waals surface area contributed by atoms with Crippen molar-refractivity contribution in [3.05, 3.63) is 47.4 Å². The first-order valence-corrected chi connectivity index (χ1v) is 9.53. The fraction of sp³-hybridized carbons (Fsp3) is 0.350. The number of rotatable bonds is 8. The zero-order valence-electron chi connectivity index (χ0n) is 17.2.